The van der Waals surface area contributed by atoms with Crippen LogP contribution in [-0.4, -0.2) is 15.6 Å². The molecular formula is C15H16FNO3. The fourth-order valence-electron chi connectivity index (χ4n) is 2.28. The number of benzene rings is 1. The van der Waals surface area contributed by atoms with E-state index in [1.807, 2.05) is 6.92 Å². The van der Waals surface area contributed by atoms with Crippen molar-refractivity contribution in [3.8, 4) is 0 Å². The van der Waals surface area contributed by atoms with Gasteiger partial charge >= 0.3 is 5.97 Å². The average molecular weight is 277 g/mol. The van der Waals surface area contributed by atoms with Gasteiger partial charge in [0.25, 0.3) is 0 Å². The Morgan fingerprint density at radius 1 is 1.35 bits per heavy atom. The molecule has 1 N–H and O–H groups in total. The summed E-state index contributed by atoms with van der Waals surface area (Å²) in [6, 6.07) is 5.32. The van der Waals surface area contributed by atoms with Crippen molar-refractivity contribution in [2.24, 2.45) is 0 Å². The second kappa shape index (κ2) is 5.86. The highest BCUT2D eigenvalue weighted by Gasteiger charge is 2.12. The molecule has 0 aliphatic rings. The number of unbranched alkanes of at least 4 members (excludes halogenated alkanes) is 1. The number of halogens is 1. The molecule has 0 radical (unpaired) electrons. The van der Waals surface area contributed by atoms with Crippen molar-refractivity contribution in [2.45, 2.75) is 32.7 Å². The fraction of sp³-hybridized carbons (Fsp3) is 0.333. The second-order valence-electron chi connectivity index (χ2n) is 4.74. The minimum atomic E-state index is -0.990. The second-order valence-corrected chi connectivity index (χ2v) is 4.74. The molecule has 20 heavy (non-hydrogen) atoms. The van der Waals surface area contributed by atoms with Crippen LogP contribution in [0.5, 0.6) is 0 Å². The predicted molar refractivity (Wildman–Crippen MR) is 74.4 cm³/mol. The van der Waals surface area contributed by atoms with Gasteiger partial charge in [-0.2, -0.15) is 0 Å². The van der Waals surface area contributed by atoms with E-state index in [0.29, 0.717) is 17.8 Å². The van der Waals surface area contributed by atoms with E-state index in [0.717, 1.165) is 12.8 Å². The zero-order chi connectivity index (χ0) is 14.7. The Bertz CT molecular complexity index is 706. The third kappa shape index (κ3) is 2.87. The molecule has 0 bridgehead atoms. The number of carbonyl (C=O) groups is 1. The molecule has 0 aliphatic heterocycles. The zero-order valence-corrected chi connectivity index (χ0v) is 11.2. The SMILES string of the molecule is CCCCn1c(CC(=O)O)cc(=O)c2cc(F)ccc21. The Balaban J connectivity index is 2.68. The van der Waals surface area contributed by atoms with Gasteiger partial charge in [-0.15, -0.1) is 0 Å². The van der Waals surface area contributed by atoms with E-state index < -0.39 is 11.8 Å². The van der Waals surface area contributed by atoms with Crippen molar-refractivity contribution in [1.29, 1.82) is 0 Å². The largest absolute Gasteiger partial charge is 0.481 e. The van der Waals surface area contributed by atoms with Crippen molar-refractivity contribution in [3.63, 3.8) is 0 Å². The molecule has 2 rings (SSSR count). The summed E-state index contributed by atoms with van der Waals surface area (Å²) in [6.45, 7) is 2.64. The van der Waals surface area contributed by atoms with Crippen LogP contribution in [0.3, 0.4) is 0 Å². The molecule has 0 spiro atoms. The van der Waals surface area contributed by atoms with Crippen molar-refractivity contribution in [3.05, 3.63) is 46.0 Å². The van der Waals surface area contributed by atoms with Gasteiger partial charge in [-0.25, -0.2) is 4.39 Å². The number of pyridine rings is 1. The molecule has 1 aromatic carbocycles. The van der Waals surface area contributed by atoms with Crippen molar-refractivity contribution in [2.75, 3.05) is 0 Å². The quantitative estimate of drug-likeness (QED) is 0.913. The van der Waals surface area contributed by atoms with Gasteiger partial charge in [0.05, 0.1) is 11.9 Å². The summed E-state index contributed by atoms with van der Waals surface area (Å²) in [4.78, 5) is 22.9. The maximum absolute atomic E-state index is 13.3. The van der Waals surface area contributed by atoms with E-state index in [1.165, 1.54) is 24.3 Å². The van der Waals surface area contributed by atoms with E-state index in [9.17, 15) is 14.0 Å². The van der Waals surface area contributed by atoms with Gasteiger partial charge in [-0.05, 0) is 24.6 Å². The molecule has 106 valence electrons. The van der Waals surface area contributed by atoms with Crippen molar-refractivity contribution >= 4 is 16.9 Å². The first-order valence-electron chi connectivity index (χ1n) is 6.56. The first-order chi connectivity index (χ1) is 9.52. The van der Waals surface area contributed by atoms with Gasteiger partial charge in [0.2, 0.25) is 0 Å². The monoisotopic (exact) mass is 277 g/mol. The van der Waals surface area contributed by atoms with Gasteiger partial charge < -0.3 is 9.67 Å². The lowest BCUT2D eigenvalue weighted by molar-refractivity contribution is -0.136. The number of aryl methyl sites for hydroxylation is 1. The number of aliphatic carboxylic acids is 1. The third-order valence-electron chi connectivity index (χ3n) is 3.23. The molecule has 0 saturated heterocycles. The Morgan fingerprint density at radius 3 is 2.75 bits per heavy atom. The first kappa shape index (κ1) is 14.2. The highest BCUT2D eigenvalue weighted by atomic mass is 19.1. The van der Waals surface area contributed by atoms with E-state index in [1.54, 1.807) is 4.57 Å². The van der Waals surface area contributed by atoms with Gasteiger partial charge in [-0.3, -0.25) is 9.59 Å². The van der Waals surface area contributed by atoms with Gasteiger partial charge in [0.15, 0.2) is 5.43 Å². The third-order valence-corrected chi connectivity index (χ3v) is 3.23. The van der Waals surface area contributed by atoms with Crippen LogP contribution in [0, 0.1) is 5.82 Å². The van der Waals surface area contributed by atoms with Crippen molar-refractivity contribution < 1.29 is 14.3 Å². The molecule has 2 aromatic rings. The lowest BCUT2D eigenvalue weighted by Gasteiger charge is -2.15. The number of fused-ring (bicyclic) bond motifs is 1. The fourth-order valence-corrected chi connectivity index (χ4v) is 2.28. The minimum absolute atomic E-state index is 0.216. The van der Waals surface area contributed by atoms with Crippen LogP contribution in [0.1, 0.15) is 25.5 Å². The first-order valence-corrected chi connectivity index (χ1v) is 6.56. The molecule has 0 unspecified atom stereocenters. The summed E-state index contributed by atoms with van der Waals surface area (Å²) < 4.78 is 15.1. The maximum Gasteiger partial charge on any atom is 0.309 e. The Morgan fingerprint density at radius 2 is 2.10 bits per heavy atom. The smallest absolute Gasteiger partial charge is 0.309 e. The number of aromatic nitrogens is 1. The van der Waals surface area contributed by atoms with E-state index in [2.05, 4.69) is 0 Å². The number of hydrogen-bond donors (Lipinski definition) is 1. The van der Waals surface area contributed by atoms with Crippen LogP contribution < -0.4 is 5.43 Å². The van der Waals surface area contributed by atoms with Crippen LogP contribution in [0.4, 0.5) is 4.39 Å². The van der Waals surface area contributed by atoms with Gasteiger partial charge in [-0.1, -0.05) is 13.3 Å². The average Bonchev–Trinajstić information content (AvgIpc) is 2.38. The van der Waals surface area contributed by atoms with Crippen LogP contribution in [0.2, 0.25) is 0 Å². The molecule has 0 amide bonds. The summed E-state index contributed by atoms with van der Waals surface area (Å²) in [5.74, 6) is -1.46. The maximum atomic E-state index is 13.3. The van der Waals surface area contributed by atoms with Crippen LogP contribution >= 0.6 is 0 Å². The highest BCUT2D eigenvalue weighted by Crippen LogP contribution is 2.16. The standard InChI is InChI=1S/C15H16FNO3/c1-2-3-6-17-11(9-15(19)20)8-14(18)12-7-10(16)4-5-13(12)17/h4-5,7-8H,2-3,6,9H2,1H3,(H,19,20). The van der Waals surface area contributed by atoms with Crippen molar-refractivity contribution in [1.82, 2.24) is 4.57 Å². The zero-order valence-electron chi connectivity index (χ0n) is 11.2. The van der Waals surface area contributed by atoms with E-state index >= 15 is 0 Å². The van der Waals surface area contributed by atoms with Crippen LogP contribution in [0.15, 0.2) is 29.1 Å². The molecule has 0 saturated carbocycles. The van der Waals surface area contributed by atoms with E-state index in [4.69, 9.17) is 5.11 Å². The Hall–Kier alpha value is -2.17. The molecule has 1 heterocycles. The van der Waals surface area contributed by atoms with Crippen LogP contribution in [-0.2, 0) is 17.8 Å². The van der Waals surface area contributed by atoms with Gasteiger partial charge in [0.1, 0.15) is 5.82 Å². The molecule has 0 atom stereocenters. The number of nitrogens with zero attached hydrogens (tertiary/aromatic N) is 1. The lowest BCUT2D eigenvalue weighted by atomic mass is 10.1. The minimum Gasteiger partial charge on any atom is -0.481 e. The highest BCUT2D eigenvalue weighted by molar-refractivity contribution is 5.80. The molecular weight excluding hydrogens is 261 g/mol. The summed E-state index contributed by atoms with van der Waals surface area (Å²) in [6.07, 6.45) is 1.59. The molecule has 0 fully saturated rings. The molecule has 4 nitrogen and oxygen atoms in total. The number of carboxylic acids is 1. The van der Waals surface area contributed by atoms with Gasteiger partial charge in [0, 0.05) is 23.7 Å². The predicted octanol–water partition coefficient (Wildman–Crippen LogP) is 2.57. The summed E-state index contributed by atoms with van der Waals surface area (Å²) in [5.41, 5.74) is 0.696. The number of carboxylic acid groups (broad SMARTS) is 1. The van der Waals surface area contributed by atoms with E-state index in [-0.39, 0.29) is 17.2 Å². The Kier molecular flexibility index (Phi) is 4.17. The molecule has 1 aromatic heterocycles. The molecule has 0 aliphatic carbocycles. The molecule has 5 heteroatoms. The summed E-state index contributed by atoms with van der Waals surface area (Å²) in [7, 11) is 0. The van der Waals surface area contributed by atoms with Crippen LogP contribution in [0.25, 0.3) is 10.9 Å². The summed E-state index contributed by atoms with van der Waals surface area (Å²) >= 11 is 0. The number of hydrogen-bond acceptors (Lipinski definition) is 2. The summed E-state index contributed by atoms with van der Waals surface area (Å²) in [5, 5.41) is 9.24. The Labute approximate surface area is 115 Å². The topological polar surface area (TPSA) is 59.3 Å². The number of rotatable bonds is 5. The lowest BCUT2D eigenvalue weighted by Crippen LogP contribution is -2.17. The normalized spacial score (nSPS) is 10.9.